The van der Waals surface area contributed by atoms with Crippen molar-refractivity contribution < 1.29 is 0 Å². The summed E-state index contributed by atoms with van der Waals surface area (Å²) in [5.74, 6) is 0. The number of para-hydroxylation sites is 4. The zero-order valence-electron chi connectivity index (χ0n) is 31.7. The molecule has 3 nitrogen and oxygen atoms in total. The van der Waals surface area contributed by atoms with Crippen LogP contribution in [0.2, 0.25) is 0 Å². The number of aromatic nitrogens is 3. The van der Waals surface area contributed by atoms with Gasteiger partial charge in [-0.15, -0.1) is 0 Å². The van der Waals surface area contributed by atoms with Gasteiger partial charge in [-0.3, -0.25) is 0 Å². The van der Waals surface area contributed by atoms with Crippen molar-refractivity contribution in [2.24, 2.45) is 0 Å². The molecule has 0 unspecified atom stereocenters. The molecule has 5 aromatic heterocycles. The van der Waals surface area contributed by atoms with Gasteiger partial charge in [0.05, 0.1) is 44.1 Å². The van der Waals surface area contributed by atoms with Crippen LogP contribution in [0, 0.1) is 0 Å². The Morgan fingerprint density at radius 2 is 0.881 bits per heavy atom. The summed E-state index contributed by atoms with van der Waals surface area (Å²) in [6.45, 7) is 0. The number of benzene rings is 10. The summed E-state index contributed by atoms with van der Waals surface area (Å²) < 4.78 is 7.57. The third-order valence-electron chi connectivity index (χ3n) is 13.6. The Morgan fingerprint density at radius 1 is 0.271 bits per heavy atom. The van der Waals surface area contributed by atoms with Gasteiger partial charge >= 0.3 is 0 Å². The Kier molecular flexibility index (Phi) is 5.41. The lowest BCUT2D eigenvalue weighted by atomic mass is 9.96. The first kappa shape index (κ1) is 30.3. The Morgan fingerprint density at radius 3 is 1.76 bits per heavy atom. The molecule has 0 amide bonds. The van der Waals surface area contributed by atoms with Crippen molar-refractivity contribution in [3.8, 4) is 16.8 Å². The molecular formula is C56H31N3. The fourth-order valence-electron chi connectivity index (χ4n) is 11.4. The molecule has 0 N–H and O–H groups in total. The first-order valence-corrected chi connectivity index (χ1v) is 20.5. The smallest absolute Gasteiger partial charge is 0.0627 e. The minimum Gasteiger partial charge on any atom is -0.309 e. The number of hydrogen-bond donors (Lipinski definition) is 0. The molecule has 0 aliphatic heterocycles. The molecule has 0 atom stereocenters. The van der Waals surface area contributed by atoms with Crippen LogP contribution >= 0.6 is 0 Å². The van der Waals surface area contributed by atoms with E-state index < -0.39 is 0 Å². The van der Waals surface area contributed by atoms with Crippen LogP contribution in [-0.4, -0.2) is 13.4 Å². The minimum atomic E-state index is 1.17. The summed E-state index contributed by atoms with van der Waals surface area (Å²) in [6, 6.07) is 70.2. The topological polar surface area (TPSA) is 13.8 Å². The zero-order valence-corrected chi connectivity index (χ0v) is 31.7. The van der Waals surface area contributed by atoms with Crippen LogP contribution in [-0.2, 0) is 0 Å². The zero-order chi connectivity index (χ0) is 38.1. The van der Waals surface area contributed by atoms with Crippen LogP contribution in [0.25, 0.3) is 136 Å². The summed E-state index contributed by atoms with van der Waals surface area (Å²) in [7, 11) is 0. The van der Waals surface area contributed by atoms with Gasteiger partial charge in [0.1, 0.15) is 0 Å². The van der Waals surface area contributed by atoms with E-state index in [0.29, 0.717) is 0 Å². The van der Waals surface area contributed by atoms with Gasteiger partial charge in [-0.1, -0.05) is 140 Å². The van der Waals surface area contributed by atoms with E-state index in [2.05, 4.69) is 201 Å². The lowest BCUT2D eigenvalue weighted by Crippen LogP contribution is -1.93. The van der Waals surface area contributed by atoms with Gasteiger partial charge < -0.3 is 13.4 Å². The largest absolute Gasteiger partial charge is 0.309 e. The highest BCUT2D eigenvalue weighted by molar-refractivity contribution is 6.40. The van der Waals surface area contributed by atoms with Crippen LogP contribution < -0.4 is 0 Å². The summed E-state index contributed by atoms with van der Waals surface area (Å²) >= 11 is 0. The molecule has 0 saturated carbocycles. The van der Waals surface area contributed by atoms with Crippen LogP contribution in [0.4, 0.5) is 0 Å². The van der Waals surface area contributed by atoms with Crippen molar-refractivity contribution in [1.82, 2.24) is 13.4 Å². The molecule has 0 fully saturated rings. The average Bonchev–Trinajstić information content (AvgIpc) is 4.09. The standard InChI is InChI=1S/C56H31N3/c1-2-14-35(15-3-1)57-46-23-9-8-18-39(46)44-30-34(25-27-47(44)57)38-19-10-20-40-41-21-11-22-43-50-48(58(54(38)40)55(41)43)28-29-49-52(50)51-36-16-6-5-13-33(36)31-45-42-26-24-32-12-4-7-17-37(32)53(42)59(49)56(45)51/h1-31H. The second kappa shape index (κ2) is 10.5. The summed E-state index contributed by atoms with van der Waals surface area (Å²) in [5, 5.41) is 18.2. The molecule has 0 bridgehead atoms. The van der Waals surface area contributed by atoms with Gasteiger partial charge in [0.15, 0.2) is 0 Å². The van der Waals surface area contributed by atoms with Crippen LogP contribution in [0.5, 0.6) is 0 Å². The molecule has 0 aliphatic rings. The minimum absolute atomic E-state index is 1.17. The highest BCUT2D eigenvalue weighted by Gasteiger charge is 2.27. The highest BCUT2D eigenvalue weighted by Crippen LogP contribution is 2.50. The van der Waals surface area contributed by atoms with Gasteiger partial charge in [-0.2, -0.15) is 0 Å². The van der Waals surface area contributed by atoms with E-state index in [-0.39, 0.29) is 0 Å². The first-order valence-electron chi connectivity index (χ1n) is 20.5. The molecule has 10 aromatic carbocycles. The van der Waals surface area contributed by atoms with Crippen molar-refractivity contribution in [2.75, 3.05) is 0 Å². The lowest BCUT2D eigenvalue weighted by Gasteiger charge is -2.09. The van der Waals surface area contributed by atoms with Crippen LogP contribution in [0.15, 0.2) is 188 Å². The Balaban J connectivity index is 1.11. The highest BCUT2D eigenvalue weighted by atomic mass is 15.0. The third kappa shape index (κ3) is 3.58. The van der Waals surface area contributed by atoms with Crippen molar-refractivity contribution in [3.63, 3.8) is 0 Å². The second-order valence-corrected chi connectivity index (χ2v) is 16.4. The fourth-order valence-corrected chi connectivity index (χ4v) is 11.4. The number of fused-ring (bicyclic) bond motifs is 20. The van der Waals surface area contributed by atoms with Crippen molar-refractivity contribution in [3.05, 3.63) is 188 Å². The van der Waals surface area contributed by atoms with Gasteiger partial charge in [-0.05, 0) is 70.3 Å². The van der Waals surface area contributed by atoms with Gasteiger partial charge in [0, 0.05) is 70.5 Å². The molecule has 0 saturated heterocycles. The van der Waals surface area contributed by atoms with E-state index in [4.69, 9.17) is 0 Å². The average molecular weight is 746 g/mol. The van der Waals surface area contributed by atoms with E-state index in [1.165, 1.54) is 136 Å². The van der Waals surface area contributed by atoms with Crippen molar-refractivity contribution in [1.29, 1.82) is 0 Å². The summed E-state index contributed by atoms with van der Waals surface area (Å²) in [5.41, 5.74) is 13.8. The fraction of sp³-hybridized carbons (Fsp3) is 0. The molecular weight excluding hydrogens is 715 g/mol. The normalized spacial score (nSPS) is 12.7. The van der Waals surface area contributed by atoms with E-state index in [0.717, 1.165) is 0 Å². The quantitative estimate of drug-likeness (QED) is 0.167. The lowest BCUT2D eigenvalue weighted by molar-refractivity contribution is 1.18. The maximum atomic E-state index is 2.59. The van der Waals surface area contributed by atoms with Gasteiger partial charge in [-0.25, -0.2) is 0 Å². The molecule has 15 aromatic rings. The van der Waals surface area contributed by atoms with Crippen LogP contribution in [0.1, 0.15) is 0 Å². The molecule has 59 heavy (non-hydrogen) atoms. The molecule has 0 radical (unpaired) electrons. The molecule has 5 heterocycles. The van der Waals surface area contributed by atoms with Gasteiger partial charge in [0.2, 0.25) is 0 Å². The number of nitrogens with zero attached hydrogens (tertiary/aromatic N) is 3. The summed E-state index contributed by atoms with van der Waals surface area (Å²) in [6.07, 6.45) is 0. The molecule has 0 aliphatic carbocycles. The van der Waals surface area contributed by atoms with E-state index >= 15 is 0 Å². The van der Waals surface area contributed by atoms with E-state index in [1.807, 2.05) is 0 Å². The molecule has 0 spiro atoms. The number of rotatable bonds is 2. The third-order valence-corrected chi connectivity index (χ3v) is 13.6. The number of hydrogen-bond acceptors (Lipinski definition) is 0. The van der Waals surface area contributed by atoms with Crippen molar-refractivity contribution >= 4 is 120 Å². The van der Waals surface area contributed by atoms with E-state index in [9.17, 15) is 0 Å². The van der Waals surface area contributed by atoms with Crippen molar-refractivity contribution in [2.45, 2.75) is 0 Å². The van der Waals surface area contributed by atoms with E-state index in [1.54, 1.807) is 0 Å². The Hall–Kier alpha value is -7.88. The predicted octanol–water partition coefficient (Wildman–Crippen LogP) is 15.1. The second-order valence-electron chi connectivity index (χ2n) is 16.4. The maximum Gasteiger partial charge on any atom is 0.0627 e. The summed E-state index contributed by atoms with van der Waals surface area (Å²) in [4.78, 5) is 0. The SMILES string of the molecule is c1ccc(-n2c3ccccc3c3cc(-c4cccc5c6cccc7c8c9c%10c%11ccccc%11cc%11c%12ccc%13ccccc%13c%12n(c9ccc8n(c45)c67)c%11%10)ccc32)cc1. The Bertz CT molecular complexity index is 4290. The van der Waals surface area contributed by atoms with Crippen LogP contribution in [0.3, 0.4) is 0 Å². The predicted molar refractivity (Wildman–Crippen MR) is 251 cm³/mol. The molecule has 270 valence electrons. The maximum absolute atomic E-state index is 2.59. The molecule has 15 rings (SSSR count). The first-order chi connectivity index (χ1) is 29.3. The monoisotopic (exact) mass is 745 g/mol. The Labute approximate surface area is 336 Å². The van der Waals surface area contributed by atoms with Gasteiger partial charge in [0.25, 0.3) is 0 Å². The molecule has 3 heteroatoms.